The van der Waals surface area contributed by atoms with Crippen molar-refractivity contribution in [1.29, 1.82) is 0 Å². The second-order valence-corrected chi connectivity index (χ2v) is 16.2. The third-order valence-corrected chi connectivity index (χ3v) is 11.1. The maximum atomic E-state index is 12.8. The summed E-state index contributed by atoms with van der Waals surface area (Å²) in [5.74, 6) is 2.24. The summed E-state index contributed by atoms with van der Waals surface area (Å²) in [6.45, 7) is 0. The minimum atomic E-state index is -3.85. The van der Waals surface area contributed by atoms with Crippen LogP contribution in [0.1, 0.15) is 0 Å². The van der Waals surface area contributed by atoms with E-state index in [0.717, 1.165) is 64.4 Å². The number of fused-ring (bicyclic) bond motifs is 3. The molecule has 0 aliphatic heterocycles. The maximum absolute atomic E-state index is 12.8. The SMILES string of the molecule is CNc1ccc2cc(-c3cnc(Cl)c(NS(=O)(=O)c4ccc(OC)cc4)c3)ccc2n1.CNc1ccc2cc(Br)ccc2n1.Clc1ccc2cc(Br)ccc2n1. The summed E-state index contributed by atoms with van der Waals surface area (Å²) in [7, 11) is 1.35. The summed E-state index contributed by atoms with van der Waals surface area (Å²) in [5, 5.41) is 9.80. The second-order valence-electron chi connectivity index (χ2n) is 12.0. The molecule has 8 aromatic rings. The normalized spacial score (nSPS) is 10.9. The van der Waals surface area contributed by atoms with Gasteiger partial charge in [0.05, 0.1) is 34.2 Å². The molecule has 0 bridgehead atoms. The van der Waals surface area contributed by atoms with Gasteiger partial charge in [-0.1, -0.05) is 61.1 Å². The molecule has 0 radical (unpaired) electrons. The lowest BCUT2D eigenvalue weighted by Gasteiger charge is -2.12. The Balaban J connectivity index is 0.000000173. The molecule has 10 nitrogen and oxygen atoms in total. The van der Waals surface area contributed by atoms with Crippen LogP contribution in [0.3, 0.4) is 0 Å². The number of nitrogens with zero attached hydrogens (tertiary/aromatic N) is 4. The number of nitrogens with one attached hydrogen (secondary N) is 3. The number of anilines is 3. The largest absolute Gasteiger partial charge is 0.497 e. The van der Waals surface area contributed by atoms with E-state index in [-0.39, 0.29) is 15.7 Å². The standard InChI is InChI=1S/C22H19ClN4O3S.C10H9BrN2.C9H5BrClN/c1-24-21-10-4-15-11-14(3-9-19(15)26-21)16-12-20(22(23)25-13-16)27-31(28,29)18-7-5-17(30-2)6-8-18;1-12-10-5-2-7-6-8(11)3-4-9(7)13-10;10-7-2-3-8-6(5-7)1-4-9(11)12-8/h3-13,27H,1-2H3,(H,24,26);2-6H,1H3,(H,12,13);1-5H. The molecule has 0 amide bonds. The molecule has 284 valence electrons. The Bertz CT molecular complexity index is 2740. The van der Waals surface area contributed by atoms with Crippen molar-refractivity contribution in [2.24, 2.45) is 0 Å². The quantitative estimate of drug-likeness (QED) is 0.134. The Morgan fingerprint density at radius 3 is 1.71 bits per heavy atom. The maximum Gasteiger partial charge on any atom is 0.261 e. The first-order valence-electron chi connectivity index (χ1n) is 16.8. The van der Waals surface area contributed by atoms with Gasteiger partial charge in [-0.25, -0.2) is 28.4 Å². The second kappa shape index (κ2) is 18.3. The number of ether oxygens (including phenoxy) is 1. The highest BCUT2D eigenvalue weighted by molar-refractivity contribution is 9.10. The van der Waals surface area contributed by atoms with Crippen molar-refractivity contribution in [3.05, 3.63) is 147 Å². The van der Waals surface area contributed by atoms with Gasteiger partial charge in [0, 0.05) is 51.0 Å². The Labute approximate surface area is 351 Å². The Kier molecular flexibility index (Phi) is 13.2. The molecule has 0 atom stereocenters. The monoisotopic (exact) mass is 931 g/mol. The van der Waals surface area contributed by atoms with Crippen LogP contribution in [0.2, 0.25) is 10.3 Å². The Hall–Kier alpha value is -5.05. The van der Waals surface area contributed by atoms with Crippen LogP contribution in [-0.4, -0.2) is 49.6 Å². The van der Waals surface area contributed by atoms with E-state index in [9.17, 15) is 8.42 Å². The van der Waals surface area contributed by atoms with Crippen molar-refractivity contribution in [2.45, 2.75) is 4.90 Å². The van der Waals surface area contributed by atoms with Crippen LogP contribution in [-0.2, 0) is 10.0 Å². The average Bonchev–Trinajstić information content (AvgIpc) is 3.21. The molecule has 0 spiro atoms. The molecular weight excluding hydrogens is 901 g/mol. The molecule has 0 unspecified atom stereocenters. The van der Waals surface area contributed by atoms with E-state index < -0.39 is 10.0 Å². The van der Waals surface area contributed by atoms with Crippen molar-refractivity contribution < 1.29 is 13.2 Å². The topological polar surface area (TPSA) is 131 Å². The summed E-state index contributed by atoms with van der Waals surface area (Å²) in [4.78, 5) is 17.3. The average molecular weight is 935 g/mol. The molecule has 8 rings (SSSR count). The smallest absolute Gasteiger partial charge is 0.261 e. The van der Waals surface area contributed by atoms with Gasteiger partial charge in [-0.3, -0.25) is 4.72 Å². The number of benzene rings is 4. The zero-order valence-electron chi connectivity index (χ0n) is 30.1. The van der Waals surface area contributed by atoms with Crippen LogP contribution in [0.25, 0.3) is 43.8 Å². The van der Waals surface area contributed by atoms with Gasteiger partial charge in [0.15, 0.2) is 5.15 Å². The lowest BCUT2D eigenvalue weighted by Crippen LogP contribution is -2.13. The zero-order valence-corrected chi connectivity index (χ0v) is 35.6. The number of pyridine rings is 4. The summed E-state index contributed by atoms with van der Waals surface area (Å²) in [6, 6.07) is 37.1. The molecule has 4 heterocycles. The van der Waals surface area contributed by atoms with Crippen molar-refractivity contribution in [3.8, 4) is 16.9 Å². The molecule has 0 fully saturated rings. The number of hydrogen-bond donors (Lipinski definition) is 3. The van der Waals surface area contributed by atoms with Crippen molar-refractivity contribution in [1.82, 2.24) is 19.9 Å². The summed E-state index contributed by atoms with van der Waals surface area (Å²) in [6.07, 6.45) is 1.60. The molecule has 56 heavy (non-hydrogen) atoms. The first-order valence-corrected chi connectivity index (χ1v) is 20.6. The van der Waals surface area contributed by atoms with E-state index in [0.29, 0.717) is 10.9 Å². The molecule has 0 aliphatic carbocycles. The van der Waals surface area contributed by atoms with E-state index in [1.807, 2.05) is 86.9 Å². The fourth-order valence-corrected chi connectivity index (χ4v) is 7.56. The van der Waals surface area contributed by atoms with Gasteiger partial charge in [0.25, 0.3) is 10.0 Å². The van der Waals surface area contributed by atoms with Crippen LogP contribution < -0.4 is 20.1 Å². The molecule has 0 saturated heterocycles. The number of methoxy groups -OCH3 is 1. The van der Waals surface area contributed by atoms with Gasteiger partial charge in [0.2, 0.25) is 0 Å². The number of sulfonamides is 1. The third-order valence-electron chi connectivity index (χ3n) is 8.26. The predicted octanol–water partition coefficient (Wildman–Crippen LogP) is 11.5. The van der Waals surface area contributed by atoms with Gasteiger partial charge >= 0.3 is 0 Å². The van der Waals surface area contributed by atoms with Crippen LogP contribution in [0.5, 0.6) is 5.75 Å². The summed E-state index contributed by atoms with van der Waals surface area (Å²) < 4.78 is 35.3. The van der Waals surface area contributed by atoms with Crippen LogP contribution in [0.4, 0.5) is 17.3 Å². The van der Waals surface area contributed by atoms with E-state index in [2.05, 4.69) is 79.3 Å². The Morgan fingerprint density at radius 2 is 1.14 bits per heavy atom. The van der Waals surface area contributed by atoms with E-state index in [1.165, 1.54) is 19.2 Å². The lowest BCUT2D eigenvalue weighted by molar-refractivity contribution is 0.414. The molecular formula is C41H33Br2Cl2N7O3S. The number of halogens is 4. The van der Waals surface area contributed by atoms with Gasteiger partial charge in [-0.2, -0.15) is 0 Å². The third kappa shape index (κ3) is 10.2. The summed E-state index contributed by atoms with van der Waals surface area (Å²) >= 11 is 18.7. The molecule has 0 saturated carbocycles. The molecule has 3 N–H and O–H groups in total. The van der Waals surface area contributed by atoms with Gasteiger partial charge in [-0.05, 0) is 121 Å². The highest BCUT2D eigenvalue weighted by Gasteiger charge is 2.17. The fraction of sp³-hybridized carbons (Fsp3) is 0.0732. The molecule has 15 heteroatoms. The minimum absolute atomic E-state index is 0.0574. The zero-order chi connectivity index (χ0) is 39.8. The van der Waals surface area contributed by atoms with Crippen LogP contribution >= 0.6 is 55.1 Å². The Morgan fingerprint density at radius 1 is 0.607 bits per heavy atom. The first kappa shape index (κ1) is 40.6. The van der Waals surface area contributed by atoms with Gasteiger partial charge in [-0.15, -0.1) is 0 Å². The highest BCUT2D eigenvalue weighted by atomic mass is 79.9. The van der Waals surface area contributed by atoms with E-state index in [4.69, 9.17) is 27.9 Å². The van der Waals surface area contributed by atoms with E-state index >= 15 is 0 Å². The van der Waals surface area contributed by atoms with Crippen LogP contribution in [0.15, 0.2) is 141 Å². The summed E-state index contributed by atoms with van der Waals surface area (Å²) in [5.41, 5.74) is 4.55. The van der Waals surface area contributed by atoms with Crippen molar-refractivity contribution in [2.75, 3.05) is 36.6 Å². The molecule has 4 aromatic heterocycles. The number of rotatable bonds is 7. The molecule has 0 aliphatic rings. The first-order chi connectivity index (χ1) is 26.9. The van der Waals surface area contributed by atoms with E-state index in [1.54, 1.807) is 30.5 Å². The lowest BCUT2D eigenvalue weighted by atomic mass is 10.0. The number of aromatic nitrogens is 4. The van der Waals surface area contributed by atoms with Gasteiger partial charge in [0.1, 0.15) is 22.5 Å². The molecule has 4 aromatic carbocycles. The minimum Gasteiger partial charge on any atom is -0.497 e. The highest BCUT2D eigenvalue weighted by Crippen LogP contribution is 2.31. The predicted molar refractivity (Wildman–Crippen MR) is 237 cm³/mol. The number of hydrogen-bond acceptors (Lipinski definition) is 9. The van der Waals surface area contributed by atoms with Crippen LogP contribution in [0, 0.1) is 0 Å². The fourth-order valence-electron chi connectivity index (χ4n) is 5.39. The van der Waals surface area contributed by atoms with Gasteiger partial charge < -0.3 is 15.4 Å². The van der Waals surface area contributed by atoms with Crippen molar-refractivity contribution >= 4 is 115 Å². The van der Waals surface area contributed by atoms with Crippen molar-refractivity contribution in [3.63, 3.8) is 0 Å².